The van der Waals surface area contributed by atoms with Gasteiger partial charge in [-0.3, -0.25) is 9.05 Å². The van der Waals surface area contributed by atoms with Gasteiger partial charge in [0.2, 0.25) is 0 Å². The van der Waals surface area contributed by atoms with Crippen molar-refractivity contribution in [3.8, 4) is 11.5 Å². The minimum absolute atomic E-state index is 0.0916. The van der Waals surface area contributed by atoms with Gasteiger partial charge in [-0.25, -0.2) is 4.57 Å². The molecule has 0 N–H and O–H groups in total. The highest BCUT2D eigenvalue weighted by molar-refractivity contribution is 7.48. The number of rotatable bonds is 17. The van der Waals surface area contributed by atoms with Gasteiger partial charge in [0.25, 0.3) is 0 Å². The van der Waals surface area contributed by atoms with E-state index in [0.717, 1.165) is 50.4 Å². The maximum Gasteiger partial charge on any atom is 0.530 e. The van der Waals surface area contributed by atoms with Gasteiger partial charge in [0.15, 0.2) is 11.5 Å². The zero-order chi connectivity index (χ0) is 21.5. The first-order valence-electron chi connectivity index (χ1n) is 10.8. The summed E-state index contributed by atoms with van der Waals surface area (Å²) in [6.45, 7) is 9.16. The zero-order valence-electron chi connectivity index (χ0n) is 18.4. The number of hydrogen-bond donors (Lipinski definition) is 0. The Kier molecular flexibility index (Phi) is 12.9. The molecular weight excluding hydrogens is 391 g/mol. The Morgan fingerprint density at radius 3 is 2.07 bits per heavy atom. The summed E-state index contributed by atoms with van der Waals surface area (Å²) in [5, 5.41) is 0. The first-order chi connectivity index (χ1) is 14.0. The predicted octanol–water partition coefficient (Wildman–Crippen LogP) is 6.36. The molecule has 0 saturated carbocycles. The molecule has 0 aliphatic carbocycles. The molecule has 1 aromatic carbocycles. The molecule has 0 saturated heterocycles. The lowest BCUT2D eigenvalue weighted by Gasteiger charge is -2.21. The van der Waals surface area contributed by atoms with Crippen LogP contribution in [0.5, 0.6) is 11.5 Å². The molecule has 7 heteroatoms. The molecule has 1 rings (SSSR count). The molecule has 0 aliphatic heterocycles. The molecule has 29 heavy (non-hydrogen) atoms. The standard InChI is InChI=1S/C22H37O6P/c1-5-8-13-25-22-17-20(16-19(4)18-23)11-12-21(22)28-29(24,26-14-9-6-2)27-15-10-7-3/h11-12,17-19H,5-10,13-16H2,1-4H3. The molecule has 1 atom stereocenters. The summed E-state index contributed by atoms with van der Waals surface area (Å²) in [5.41, 5.74) is 0.956. The van der Waals surface area contributed by atoms with Crippen LogP contribution in [0.4, 0.5) is 0 Å². The van der Waals surface area contributed by atoms with E-state index in [1.807, 2.05) is 32.9 Å². The molecule has 0 fully saturated rings. The Labute approximate surface area is 175 Å². The number of aldehydes is 1. The summed E-state index contributed by atoms with van der Waals surface area (Å²) in [5.74, 6) is 0.735. The maximum absolute atomic E-state index is 13.2. The van der Waals surface area contributed by atoms with E-state index in [1.165, 1.54) is 0 Å². The molecule has 1 unspecified atom stereocenters. The molecule has 0 spiro atoms. The third kappa shape index (κ3) is 10.3. The number of hydrogen-bond acceptors (Lipinski definition) is 6. The molecular formula is C22H37O6P. The van der Waals surface area contributed by atoms with Crippen molar-refractivity contribution >= 4 is 14.1 Å². The second kappa shape index (κ2) is 14.6. The van der Waals surface area contributed by atoms with E-state index in [0.29, 0.717) is 37.7 Å². The van der Waals surface area contributed by atoms with Crippen molar-refractivity contribution in [2.75, 3.05) is 19.8 Å². The molecule has 1 aromatic rings. The minimum Gasteiger partial charge on any atom is -0.490 e. The van der Waals surface area contributed by atoms with E-state index in [1.54, 1.807) is 6.07 Å². The Morgan fingerprint density at radius 1 is 0.931 bits per heavy atom. The highest BCUT2D eigenvalue weighted by atomic mass is 31.2. The summed E-state index contributed by atoms with van der Waals surface area (Å²) in [7, 11) is -3.75. The molecule has 0 bridgehead atoms. The summed E-state index contributed by atoms with van der Waals surface area (Å²) >= 11 is 0. The lowest BCUT2D eigenvalue weighted by Crippen LogP contribution is -2.07. The van der Waals surface area contributed by atoms with Crippen molar-refractivity contribution in [2.24, 2.45) is 5.92 Å². The van der Waals surface area contributed by atoms with Crippen LogP contribution in [0.3, 0.4) is 0 Å². The molecule has 0 radical (unpaired) electrons. The van der Waals surface area contributed by atoms with Gasteiger partial charge < -0.3 is 14.1 Å². The van der Waals surface area contributed by atoms with Gasteiger partial charge >= 0.3 is 7.82 Å². The first-order valence-corrected chi connectivity index (χ1v) is 12.2. The van der Waals surface area contributed by atoms with Crippen LogP contribution in [0, 0.1) is 5.92 Å². The van der Waals surface area contributed by atoms with Crippen LogP contribution in [-0.4, -0.2) is 26.1 Å². The van der Waals surface area contributed by atoms with E-state index >= 15 is 0 Å². The Bertz CT molecular complexity index is 620. The highest BCUT2D eigenvalue weighted by Gasteiger charge is 2.30. The second-order valence-electron chi connectivity index (χ2n) is 7.21. The Balaban J connectivity index is 3.03. The maximum atomic E-state index is 13.2. The molecule has 6 nitrogen and oxygen atoms in total. The largest absolute Gasteiger partial charge is 0.530 e. The van der Waals surface area contributed by atoms with Gasteiger partial charge in [-0.2, -0.15) is 0 Å². The molecule has 0 aromatic heterocycles. The van der Waals surface area contributed by atoms with Crippen LogP contribution in [-0.2, 0) is 24.8 Å². The van der Waals surface area contributed by atoms with Crippen molar-refractivity contribution in [1.82, 2.24) is 0 Å². The van der Waals surface area contributed by atoms with Crippen LogP contribution in [0.2, 0.25) is 0 Å². The van der Waals surface area contributed by atoms with Crippen molar-refractivity contribution in [2.45, 2.75) is 72.6 Å². The number of benzene rings is 1. The van der Waals surface area contributed by atoms with Gasteiger partial charge in [0.05, 0.1) is 19.8 Å². The minimum atomic E-state index is -3.75. The van der Waals surface area contributed by atoms with Gasteiger partial charge in [-0.1, -0.05) is 53.0 Å². The first kappa shape index (κ1) is 25.7. The summed E-state index contributed by atoms with van der Waals surface area (Å²) < 4.78 is 35.8. The lowest BCUT2D eigenvalue weighted by atomic mass is 10.0. The van der Waals surface area contributed by atoms with Gasteiger partial charge in [-0.05, 0) is 43.4 Å². The molecule has 0 aliphatic rings. The van der Waals surface area contributed by atoms with Crippen LogP contribution >= 0.6 is 7.82 Å². The summed E-state index contributed by atoms with van der Waals surface area (Å²) in [6, 6.07) is 5.41. The number of unbranched alkanes of at least 4 members (excludes halogenated alkanes) is 3. The average molecular weight is 429 g/mol. The fourth-order valence-electron chi connectivity index (χ4n) is 2.47. The summed E-state index contributed by atoms with van der Waals surface area (Å²) in [6.07, 6.45) is 6.81. The Hall–Kier alpha value is -1.36. The van der Waals surface area contributed by atoms with E-state index in [4.69, 9.17) is 18.3 Å². The fraction of sp³-hybridized carbons (Fsp3) is 0.682. The third-order valence-electron chi connectivity index (χ3n) is 4.26. The van der Waals surface area contributed by atoms with Gasteiger partial charge in [0, 0.05) is 5.92 Å². The number of carbonyl (C=O) groups excluding carboxylic acids is 1. The number of phosphoric acid groups is 1. The van der Waals surface area contributed by atoms with Gasteiger partial charge in [-0.15, -0.1) is 0 Å². The van der Waals surface area contributed by atoms with Crippen LogP contribution in [0.25, 0.3) is 0 Å². The van der Waals surface area contributed by atoms with Crippen molar-refractivity contribution < 1.29 is 27.7 Å². The SMILES string of the molecule is CCCCOc1cc(CC(C)C=O)ccc1OP(=O)(OCCCC)OCCCC. The number of phosphoric ester groups is 1. The average Bonchev–Trinajstić information content (AvgIpc) is 2.70. The van der Waals surface area contributed by atoms with Crippen LogP contribution in [0.15, 0.2) is 18.2 Å². The van der Waals surface area contributed by atoms with Crippen LogP contribution < -0.4 is 9.26 Å². The van der Waals surface area contributed by atoms with Crippen molar-refractivity contribution in [3.05, 3.63) is 23.8 Å². The fourth-order valence-corrected chi connectivity index (χ4v) is 3.74. The number of ether oxygens (including phenoxy) is 1. The van der Waals surface area contributed by atoms with Crippen molar-refractivity contribution in [3.63, 3.8) is 0 Å². The Morgan fingerprint density at radius 2 is 1.52 bits per heavy atom. The molecule has 166 valence electrons. The topological polar surface area (TPSA) is 71.1 Å². The van der Waals surface area contributed by atoms with E-state index in [2.05, 4.69) is 6.92 Å². The number of carbonyl (C=O) groups is 1. The second-order valence-corrected chi connectivity index (χ2v) is 8.81. The molecule has 0 amide bonds. The van der Waals surface area contributed by atoms with Gasteiger partial charge in [0.1, 0.15) is 6.29 Å². The van der Waals surface area contributed by atoms with Crippen molar-refractivity contribution in [1.29, 1.82) is 0 Å². The van der Waals surface area contributed by atoms with E-state index in [-0.39, 0.29) is 5.92 Å². The normalized spacial score (nSPS) is 12.6. The summed E-state index contributed by atoms with van der Waals surface area (Å²) in [4.78, 5) is 11.0. The highest BCUT2D eigenvalue weighted by Crippen LogP contribution is 2.52. The smallest absolute Gasteiger partial charge is 0.490 e. The molecule has 0 heterocycles. The monoisotopic (exact) mass is 428 g/mol. The van der Waals surface area contributed by atoms with Crippen LogP contribution in [0.1, 0.15) is 71.8 Å². The lowest BCUT2D eigenvalue weighted by molar-refractivity contribution is -0.110. The van der Waals surface area contributed by atoms with E-state index < -0.39 is 7.82 Å². The predicted molar refractivity (Wildman–Crippen MR) is 116 cm³/mol. The third-order valence-corrected chi connectivity index (χ3v) is 5.68. The zero-order valence-corrected chi connectivity index (χ0v) is 19.2. The quantitative estimate of drug-likeness (QED) is 0.163. The van der Waals surface area contributed by atoms with E-state index in [9.17, 15) is 9.36 Å².